The van der Waals surface area contributed by atoms with Crippen molar-refractivity contribution in [3.8, 4) is 5.75 Å². The number of hydrogen-bond acceptors (Lipinski definition) is 4. The zero-order valence-electron chi connectivity index (χ0n) is 18.7. The molecule has 1 N–H and O–H groups in total. The highest BCUT2D eigenvalue weighted by Gasteiger charge is 2.32. The molecule has 1 heterocycles. The van der Waals surface area contributed by atoms with Gasteiger partial charge in [0.15, 0.2) is 0 Å². The van der Waals surface area contributed by atoms with Gasteiger partial charge in [-0.05, 0) is 59.9 Å². The van der Waals surface area contributed by atoms with Gasteiger partial charge >= 0.3 is 0 Å². The molecule has 7 heteroatoms. The van der Waals surface area contributed by atoms with E-state index >= 15 is 0 Å². The summed E-state index contributed by atoms with van der Waals surface area (Å²) in [6.45, 7) is 2.71. The second-order valence-corrected chi connectivity index (χ2v) is 10.3. The molecule has 4 rings (SSSR count). The Hall–Kier alpha value is -2.64. The summed E-state index contributed by atoms with van der Waals surface area (Å²) >= 11 is 0. The minimum Gasteiger partial charge on any atom is -0.492 e. The molecule has 2 atom stereocenters. The average molecular weight is 454 g/mol. The van der Waals surface area contributed by atoms with Gasteiger partial charge in [-0.1, -0.05) is 49.7 Å². The molecule has 0 bridgehead atoms. The molecule has 32 heavy (non-hydrogen) atoms. The third-order valence-electron chi connectivity index (χ3n) is 6.18. The molecule has 6 nitrogen and oxygen atoms in total. The summed E-state index contributed by atoms with van der Waals surface area (Å²) in [5, 5.41) is 3.91. The van der Waals surface area contributed by atoms with Gasteiger partial charge in [-0.2, -0.15) is 5.10 Å². The van der Waals surface area contributed by atoms with Crippen molar-refractivity contribution in [2.45, 2.75) is 43.4 Å². The smallest absolute Gasteiger partial charge is 0.243 e. The van der Waals surface area contributed by atoms with E-state index in [4.69, 9.17) is 4.74 Å². The normalized spacial score (nSPS) is 17.9. The number of rotatable bonds is 10. The van der Waals surface area contributed by atoms with Gasteiger partial charge in [0, 0.05) is 19.8 Å². The average Bonchev–Trinajstić information content (AvgIpc) is 3.37. The highest BCUT2D eigenvalue weighted by Crippen LogP contribution is 2.43. The Kier molecular flexibility index (Phi) is 6.96. The lowest BCUT2D eigenvalue weighted by atomic mass is 9.84. The summed E-state index contributed by atoms with van der Waals surface area (Å²) in [6, 6.07) is 17.0. The van der Waals surface area contributed by atoms with Crippen LogP contribution < -0.4 is 9.46 Å². The quantitative estimate of drug-likeness (QED) is 0.470. The molecule has 0 fully saturated rings. The molecule has 170 valence electrons. The number of ether oxygens (including phenoxy) is 1. The lowest BCUT2D eigenvalue weighted by molar-refractivity contribution is 0.322. The Morgan fingerprint density at radius 3 is 2.72 bits per heavy atom. The Bertz CT molecular complexity index is 1140. The minimum atomic E-state index is -3.57. The molecule has 0 saturated heterocycles. The van der Waals surface area contributed by atoms with Crippen molar-refractivity contribution in [3.05, 3.63) is 77.6 Å². The lowest BCUT2D eigenvalue weighted by Gasteiger charge is -2.20. The van der Waals surface area contributed by atoms with Crippen LogP contribution in [0.25, 0.3) is 0 Å². The Labute approximate surface area is 190 Å². The maximum absolute atomic E-state index is 12.3. The van der Waals surface area contributed by atoms with E-state index in [1.807, 2.05) is 6.07 Å². The predicted octanol–water partition coefficient (Wildman–Crippen LogP) is 4.08. The van der Waals surface area contributed by atoms with Crippen molar-refractivity contribution in [1.82, 2.24) is 14.5 Å². The summed E-state index contributed by atoms with van der Waals surface area (Å²) in [5.74, 6) is 1.93. The van der Waals surface area contributed by atoms with Crippen LogP contribution in [0.4, 0.5) is 0 Å². The number of nitrogens with one attached hydrogen (secondary N) is 1. The van der Waals surface area contributed by atoms with Crippen molar-refractivity contribution < 1.29 is 13.2 Å². The SMILES string of the molecule is CCCC1Cc2ccc(OCCNS(=O)(=O)c3cnn(C)c3)cc2C1Cc1ccccc1. The van der Waals surface area contributed by atoms with Crippen LogP contribution in [-0.2, 0) is 29.9 Å². The summed E-state index contributed by atoms with van der Waals surface area (Å²) in [6.07, 6.45) is 7.37. The van der Waals surface area contributed by atoms with Crippen LogP contribution in [0.15, 0.2) is 65.8 Å². The fourth-order valence-corrected chi connectivity index (χ4v) is 5.65. The molecule has 0 aliphatic heterocycles. The first kappa shape index (κ1) is 22.6. The number of benzene rings is 2. The van der Waals surface area contributed by atoms with E-state index in [1.54, 1.807) is 7.05 Å². The number of nitrogens with zero attached hydrogens (tertiary/aromatic N) is 2. The molecule has 1 aliphatic rings. The molecule has 0 amide bonds. The fourth-order valence-electron chi connectivity index (χ4n) is 4.66. The van der Waals surface area contributed by atoms with E-state index in [0.717, 1.165) is 18.6 Å². The highest BCUT2D eigenvalue weighted by atomic mass is 32.2. The zero-order chi connectivity index (χ0) is 22.6. The largest absolute Gasteiger partial charge is 0.492 e. The Morgan fingerprint density at radius 1 is 1.19 bits per heavy atom. The first-order valence-electron chi connectivity index (χ1n) is 11.2. The standard InChI is InChI=1S/C25H31N3O3S/c1-3-7-20-15-21-10-11-22(16-25(21)24(20)14-19-8-5-4-6-9-19)31-13-12-27-32(29,30)23-17-26-28(2)18-23/h4-6,8-11,16-18,20,24,27H,3,7,12-15H2,1-2H3. The third kappa shape index (κ3) is 5.22. The number of aromatic nitrogens is 2. The number of hydrogen-bond donors (Lipinski definition) is 1. The molecular formula is C25H31N3O3S. The maximum atomic E-state index is 12.3. The lowest BCUT2D eigenvalue weighted by Crippen LogP contribution is -2.28. The van der Waals surface area contributed by atoms with Crippen molar-refractivity contribution in [1.29, 1.82) is 0 Å². The topological polar surface area (TPSA) is 73.2 Å². The van der Waals surface area contributed by atoms with E-state index < -0.39 is 10.0 Å². The number of aryl methyl sites for hydroxylation is 1. The summed E-state index contributed by atoms with van der Waals surface area (Å²) in [5.41, 5.74) is 4.15. The van der Waals surface area contributed by atoms with Crippen molar-refractivity contribution in [2.75, 3.05) is 13.2 Å². The fraction of sp³-hybridized carbons (Fsp3) is 0.400. The molecule has 3 aromatic rings. The van der Waals surface area contributed by atoms with Gasteiger partial charge in [0.25, 0.3) is 0 Å². The van der Waals surface area contributed by atoms with Crippen LogP contribution in [0.3, 0.4) is 0 Å². The van der Waals surface area contributed by atoms with Gasteiger partial charge in [-0.3, -0.25) is 4.68 Å². The van der Waals surface area contributed by atoms with Crippen molar-refractivity contribution >= 4 is 10.0 Å². The van der Waals surface area contributed by atoms with Crippen LogP contribution >= 0.6 is 0 Å². The summed E-state index contributed by atoms with van der Waals surface area (Å²) in [7, 11) is -1.89. The molecular weight excluding hydrogens is 422 g/mol. The van der Waals surface area contributed by atoms with Crippen molar-refractivity contribution in [2.24, 2.45) is 13.0 Å². The second kappa shape index (κ2) is 9.88. The van der Waals surface area contributed by atoms with Gasteiger partial charge in [-0.15, -0.1) is 0 Å². The van der Waals surface area contributed by atoms with Crippen LogP contribution in [0.1, 0.15) is 42.4 Å². The highest BCUT2D eigenvalue weighted by molar-refractivity contribution is 7.89. The predicted molar refractivity (Wildman–Crippen MR) is 125 cm³/mol. The van der Waals surface area contributed by atoms with Gasteiger partial charge in [-0.25, -0.2) is 13.1 Å². The van der Waals surface area contributed by atoms with Gasteiger partial charge in [0.1, 0.15) is 17.3 Å². The van der Waals surface area contributed by atoms with Gasteiger partial charge in [0.2, 0.25) is 10.0 Å². The molecule has 0 spiro atoms. The zero-order valence-corrected chi connectivity index (χ0v) is 19.5. The Morgan fingerprint density at radius 2 is 2.00 bits per heavy atom. The second-order valence-electron chi connectivity index (χ2n) is 8.51. The molecule has 0 saturated carbocycles. The van der Waals surface area contributed by atoms with Crippen molar-refractivity contribution in [3.63, 3.8) is 0 Å². The van der Waals surface area contributed by atoms with Crippen LogP contribution in [0.5, 0.6) is 5.75 Å². The number of sulfonamides is 1. The first-order valence-corrected chi connectivity index (χ1v) is 12.7. The van der Waals surface area contributed by atoms with Crippen LogP contribution in [0, 0.1) is 5.92 Å². The van der Waals surface area contributed by atoms with E-state index in [-0.39, 0.29) is 18.0 Å². The van der Waals surface area contributed by atoms with Gasteiger partial charge in [0.05, 0.1) is 6.20 Å². The molecule has 1 aliphatic carbocycles. The summed E-state index contributed by atoms with van der Waals surface area (Å²) in [4.78, 5) is 0.156. The first-order chi connectivity index (χ1) is 15.5. The molecule has 0 radical (unpaired) electrons. The third-order valence-corrected chi connectivity index (χ3v) is 7.60. The maximum Gasteiger partial charge on any atom is 0.243 e. The monoisotopic (exact) mass is 453 g/mol. The van der Waals surface area contributed by atoms with E-state index in [0.29, 0.717) is 11.8 Å². The van der Waals surface area contributed by atoms with Crippen LogP contribution in [0.2, 0.25) is 0 Å². The Balaban J connectivity index is 1.40. The minimum absolute atomic E-state index is 0.156. The number of fused-ring (bicyclic) bond motifs is 1. The molecule has 2 unspecified atom stereocenters. The van der Waals surface area contributed by atoms with E-state index in [9.17, 15) is 8.42 Å². The molecule has 2 aromatic carbocycles. The molecule has 1 aromatic heterocycles. The van der Waals surface area contributed by atoms with Crippen LogP contribution in [-0.4, -0.2) is 31.3 Å². The van der Waals surface area contributed by atoms with Gasteiger partial charge < -0.3 is 4.74 Å². The summed E-state index contributed by atoms with van der Waals surface area (Å²) < 4.78 is 34.6. The van der Waals surface area contributed by atoms with E-state index in [1.165, 1.54) is 46.6 Å². The van der Waals surface area contributed by atoms with E-state index in [2.05, 4.69) is 59.2 Å².